The van der Waals surface area contributed by atoms with E-state index in [-0.39, 0.29) is 5.82 Å². The molecule has 1 heterocycles. The minimum absolute atomic E-state index is 0.138. The van der Waals surface area contributed by atoms with Gasteiger partial charge in [-0.25, -0.2) is 4.39 Å². The van der Waals surface area contributed by atoms with Crippen molar-refractivity contribution in [2.45, 2.75) is 19.0 Å². The van der Waals surface area contributed by atoms with Crippen molar-refractivity contribution in [3.63, 3.8) is 0 Å². The highest BCUT2D eigenvalue weighted by Crippen LogP contribution is 2.15. The van der Waals surface area contributed by atoms with Crippen molar-refractivity contribution in [2.24, 2.45) is 0 Å². The number of halogens is 1. The summed E-state index contributed by atoms with van der Waals surface area (Å²) in [4.78, 5) is 2.22. The second-order valence-electron chi connectivity index (χ2n) is 4.35. The average molecular weight is 233 g/mol. The van der Waals surface area contributed by atoms with Gasteiger partial charge in [0.15, 0.2) is 0 Å². The highest BCUT2D eigenvalue weighted by molar-refractivity contribution is 5.17. The summed E-state index contributed by atoms with van der Waals surface area (Å²) in [5.41, 5.74) is 0.744. The number of nitrogens with zero attached hydrogens (tertiary/aromatic N) is 2. The summed E-state index contributed by atoms with van der Waals surface area (Å²) in [6, 6.07) is 9.33. The zero-order chi connectivity index (χ0) is 12.1. The summed E-state index contributed by atoms with van der Waals surface area (Å²) in [6.45, 7) is 2.88. The number of likely N-dealkylation sites (tertiary alicyclic amines) is 1. The molecule has 1 saturated heterocycles. The Labute approximate surface area is 101 Å². The first-order valence-electron chi connectivity index (χ1n) is 5.85. The molecule has 0 amide bonds. The zero-order valence-corrected chi connectivity index (χ0v) is 9.69. The van der Waals surface area contributed by atoms with E-state index in [1.54, 1.807) is 6.07 Å². The second kappa shape index (κ2) is 5.76. The van der Waals surface area contributed by atoms with Crippen LogP contribution in [0.1, 0.15) is 12.0 Å². The predicted molar refractivity (Wildman–Crippen MR) is 63.7 cm³/mol. The molecule has 0 radical (unpaired) electrons. The highest BCUT2D eigenvalue weighted by atomic mass is 19.1. The van der Waals surface area contributed by atoms with Crippen molar-refractivity contribution < 1.29 is 4.39 Å². The zero-order valence-electron chi connectivity index (χ0n) is 9.69. The maximum absolute atomic E-state index is 13.5. The van der Waals surface area contributed by atoms with Crippen LogP contribution in [0.4, 0.5) is 4.39 Å². The van der Waals surface area contributed by atoms with Gasteiger partial charge < -0.3 is 5.32 Å². The lowest BCUT2D eigenvalue weighted by Gasteiger charge is -2.16. The van der Waals surface area contributed by atoms with Gasteiger partial charge in [0.25, 0.3) is 0 Å². The topological polar surface area (TPSA) is 39.1 Å². The fourth-order valence-electron chi connectivity index (χ4n) is 2.20. The summed E-state index contributed by atoms with van der Waals surface area (Å²) in [6.07, 6.45) is 1.02. The molecule has 2 rings (SSSR count). The number of nitriles is 1. The van der Waals surface area contributed by atoms with Crippen LogP contribution in [0.3, 0.4) is 0 Å². The van der Waals surface area contributed by atoms with Crippen LogP contribution in [-0.2, 0) is 6.54 Å². The lowest BCUT2D eigenvalue weighted by molar-refractivity contribution is 0.316. The number of nitrogens with one attached hydrogen (secondary N) is 1. The van der Waals surface area contributed by atoms with Crippen LogP contribution in [0.25, 0.3) is 0 Å². The Morgan fingerprint density at radius 3 is 3.06 bits per heavy atom. The van der Waals surface area contributed by atoms with Gasteiger partial charge in [0.2, 0.25) is 0 Å². The molecule has 1 unspecified atom stereocenters. The van der Waals surface area contributed by atoms with Crippen LogP contribution in [0.15, 0.2) is 24.3 Å². The van der Waals surface area contributed by atoms with Gasteiger partial charge in [-0.2, -0.15) is 5.26 Å². The highest BCUT2D eigenvalue weighted by Gasteiger charge is 2.22. The largest absolute Gasteiger partial charge is 0.300 e. The van der Waals surface area contributed by atoms with Crippen LogP contribution in [0.5, 0.6) is 0 Å². The Morgan fingerprint density at radius 1 is 1.47 bits per heavy atom. The van der Waals surface area contributed by atoms with Crippen molar-refractivity contribution >= 4 is 0 Å². The van der Waals surface area contributed by atoms with Crippen LogP contribution in [-0.4, -0.2) is 30.6 Å². The molecular weight excluding hydrogens is 217 g/mol. The Balaban J connectivity index is 1.86. The summed E-state index contributed by atoms with van der Waals surface area (Å²) in [7, 11) is 0. The van der Waals surface area contributed by atoms with Crippen LogP contribution in [0, 0.1) is 17.1 Å². The van der Waals surface area contributed by atoms with E-state index >= 15 is 0 Å². The monoisotopic (exact) mass is 233 g/mol. The molecule has 1 aliphatic heterocycles. The molecule has 0 saturated carbocycles. The summed E-state index contributed by atoms with van der Waals surface area (Å²) in [5.74, 6) is -0.138. The molecule has 4 heteroatoms. The molecule has 1 atom stereocenters. The van der Waals surface area contributed by atoms with Crippen molar-refractivity contribution in [3.8, 4) is 6.07 Å². The third-order valence-corrected chi connectivity index (χ3v) is 3.09. The maximum atomic E-state index is 13.5. The number of hydrogen-bond donors (Lipinski definition) is 1. The molecule has 3 nitrogen and oxygen atoms in total. The first kappa shape index (κ1) is 12.0. The van der Waals surface area contributed by atoms with E-state index in [1.165, 1.54) is 6.07 Å². The maximum Gasteiger partial charge on any atom is 0.127 e. The van der Waals surface area contributed by atoms with Crippen molar-refractivity contribution in [3.05, 3.63) is 35.6 Å². The molecule has 1 fully saturated rings. The minimum Gasteiger partial charge on any atom is -0.300 e. The number of hydrogen-bond acceptors (Lipinski definition) is 3. The van der Waals surface area contributed by atoms with Gasteiger partial charge in [-0.05, 0) is 12.5 Å². The molecule has 1 aromatic carbocycles. The quantitative estimate of drug-likeness (QED) is 0.801. The van der Waals surface area contributed by atoms with Gasteiger partial charge in [-0.3, -0.25) is 4.90 Å². The standard InChI is InChI=1S/C13H16FN3/c14-13-4-2-1-3-11(13)9-17-8-5-12(10-17)16-7-6-15/h1-4,12,16H,5,7-10H2. The van der Waals surface area contributed by atoms with E-state index < -0.39 is 0 Å². The predicted octanol–water partition coefficient (Wildman–Crippen LogP) is 1.51. The van der Waals surface area contributed by atoms with Gasteiger partial charge in [0.05, 0.1) is 12.6 Å². The van der Waals surface area contributed by atoms with Crippen LogP contribution >= 0.6 is 0 Å². The normalized spacial score (nSPS) is 20.4. The third-order valence-electron chi connectivity index (χ3n) is 3.09. The smallest absolute Gasteiger partial charge is 0.127 e. The van der Waals surface area contributed by atoms with Gasteiger partial charge >= 0.3 is 0 Å². The Bertz CT molecular complexity index is 413. The van der Waals surface area contributed by atoms with E-state index in [0.29, 0.717) is 19.1 Å². The van der Waals surface area contributed by atoms with Crippen LogP contribution < -0.4 is 5.32 Å². The minimum atomic E-state index is -0.138. The van der Waals surface area contributed by atoms with Gasteiger partial charge in [-0.1, -0.05) is 18.2 Å². The average Bonchev–Trinajstić information content (AvgIpc) is 2.77. The SMILES string of the molecule is N#CCNC1CCN(Cc2ccccc2F)C1. The van der Waals surface area contributed by atoms with Crippen molar-refractivity contribution in [2.75, 3.05) is 19.6 Å². The molecule has 1 N–H and O–H groups in total. The molecule has 1 aliphatic rings. The molecule has 0 aromatic heterocycles. The van der Waals surface area contributed by atoms with Gasteiger partial charge in [0.1, 0.15) is 5.82 Å². The van der Waals surface area contributed by atoms with E-state index in [9.17, 15) is 4.39 Å². The summed E-state index contributed by atoms with van der Waals surface area (Å²) in [5, 5.41) is 11.7. The number of benzene rings is 1. The van der Waals surface area contributed by atoms with E-state index in [2.05, 4.69) is 16.3 Å². The molecule has 0 aliphatic carbocycles. The Morgan fingerprint density at radius 2 is 2.29 bits per heavy atom. The Kier molecular flexibility index (Phi) is 4.08. The second-order valence-corrected chi connectivity index (χ2v) is 4.35. The fraction of sp³-hybridized carbons (Fsp3) is 0.462. The van der Waals surface area contributed by atoms with E-state index in [1.807, 2.05) is 12.1 Å². The van der Waals surface area contributed by atoms with Crippen molar-refractivity contribution in [1.29, 1.82) is 5.26 Å². The first-order chi connectivity index (χ1) is 8.29. The molecule has 17 heavy (non-hydrogen) atoms. The molecule has 1 aromatic rings. The van der Waals surface area contributed by atoms with E-state index in [4.69, 9.17) is 5.26 Å². The summed E-state index contributed by atoms with van der Waals surface area (Å²) < 4.78 is 13.5. The molecule has 0 bridgehead atoms. The van der Waals surface area contributed by atoms with E-state index in [0.717, 1.165) is 25.1 Å². The van der Waals surface area contributed by atoms with Gasteiger partial charge in [-0.15, -0.1) is 0 Å². The fourth-order valence-corrected chi connectivity index (χ4v) is 2.20. The van der Waals surface area contributed by atoms with Crippen LogP contribution in [0.2, 0.25) is 0 Å². The first-order valence-corrected chi connectivity index (χ1v) is 5.85. The van der Waals surface area contributed by atoms with Crippen molar-refractivity contribution in [1.82, 2.24) is 10.2 Å². The van der Waals surface area contributed by atoms with Gasteiger partial charge in [0, 0.05) is 31.2 Å². The molecular formula is C13H16FN3. The molecule has 0 spiro atoms. The summed E-state index contributed by atoms with van der Waals surface area (Å²) >= 11 is 0. The Hall–Kier alpha value is -1.44. The number of rotatable bonds is 4. The third kappa shape index (κ3) is 3.26. The lowest BCUT2D eigenvalue weighted by atomic mass is 10.2. The lowest BCUT2D eigenvalue weighted by Crippen LogP contribution is -2.32. The molecule has 90 valence electrons.